The van der Waals surface area contributed by atoms with Crippen molar-refractivity contribution in [2.75, 3.05) is 13.1 Å². The lowest BCUT2D eigenvalue weighted by molar-refractivity contribution is -0.138. The zero-order valence-electron chi connectivity index (χ0n) is 11.0. The van der Waals surface area contributed by atoms with E-state index in [1.807, 2.05) is 27.8 Å². The summed E-state index contributed by atoms with van der Waals surface area (Å²) in [5, 5.41) is 13.2. The predicted octanol–water partition coefficient (Wildman–Crippen LogP) is 1.59. The zero-order chi connectivity index (χ0) is 13.0. The number of hydrogen-bond donors (Lipinski definition) is 1. The molecule has 0 aliphatic heterocycles. The summed E-state index contributed by atoms with van der Waals surface area (Å²) in [5.41, 5.74) is 2.04. The topological polar surface area (TPSA) is 58.4 Å². The molecular weight excluding hydrogens is 218 g/mol. The van der Waals surface area contributed by atoms with E-state index in [1.54, 1.807) is 10.9 Å². The van der Waals surface area contributed by atoms with Gasteiger partial charge in [0.1, 0.15) is 0 Å². The van der Waals surface area contributed by atoms with Gasteiger partial charge in [0, 0.05) is 24.3 Å². The minimum absolute atomic E-state index is 0.0869. The van der Waals surface area contributed by atoms with Crippen LogP contribution in [0.2, 0.25) is 0 Å². The molecule has 1 aromatic heterocycles. The maximum atomic E-state index is 11.0. The summed E-state index contributed by atoms with van der Waals surface area (Å²) < 4.78 is 1.79. The molecule has 0 aliphatic carbocycles. The molecule has 1 aromatic rings. The average Bonchev–Trinajstić information content (AvgIpc) is 2.59. The van der Waals surface area contributed by atoms with Gasteiger partial charge in [-0.05, 0) is 20.0 Å². The Morgan fingerprint density at radius 3 is 2.47 bits per heavy atom. The standard InChI is InChI=1S/C12H21N3O2/c1-5-15(6-2)11(7-12(16)17)10-8-13-14(4)9(10)3/h8,11H,5-7H2,1-4H3,(H,16,17). The second-order valence-corrected chi connectivity index (χ2v) is 4.14. The molecule has 1 atom stereocenters. The van der Waals surface area contributed by atoms with Crippen molar-refractivity contribution in [1.29, 1.82) is 0 Å². The second kappa shape index (κ2) is 5.82. The number of rotatable bonds is 6. The van der Waals surface area contributed by atoms with E-state index in [0.717, 1.165) is 24.3 Å². The number of nitrogens with zero attached hydrogens (tertiary/aromatic N) is 3. The van der Waals surface area contributed by atoms with E-state index >= 15 is 0 Å². The molecule has 0 bridgehead atoms. The van der Waals surface area contributed by atoms with Crippen molar-refractivity contribution in [3.05, 3.63) is 17.5 Å². The van der Waals surface area contributed by atoms with Crippen LogP contribution < -0.4 is 0 Å². The molecule has 1 unspecified atom stereocenters. The van der Waals surface area contributed by atoms with Crippen molar-refractivity contribution in [2.24, 2.45) is 7.05 Å². The molecule has 5 heteroatoms. The Hall–Kier alpha value is -1.36. The van der Waals surface area contributed by atoms with Gasteiger partial charge in [0.05, 0.1) is 12.6 Å². The van der Waals surface area contributed by atoms with Crippen molar-refractivity contribution < 1.29 is 9.90 Å². The Kier molecular flexibility index (Phi) is 4.69. The Balaban J connectivity index is 3.05. The summed E-state index contributed by atoms with van der Waals surface area (Å²) in [4.78, 5) is 13.1. The third kappa shape index (κ3) is 3.06. The van der Waals surface area contributed by atoms with Crippen molar-refractivity contribution >= 4 is 5.97 Å². The number of carboxylic acids is 1. The first-order valence-electron chi connectivity index (χ1n) is 5.95. The van der Waals surface area contributed by atoms with E-state index in [9.17, 15) is 4.79 Å². The Bertz CT molecular complexity index is 383. The van der Waals surface area contributed by atoms with Gasteiger partial charge in [0.2, 0.25) is 0 Å². The van der Waals surface area contributed by atoms with Gasteiger partial charge in [-0.2, -0.15) is 5.10 Å². The highest BCUT2D eigenvalue weighted by Gasteiger charge is 2.24. The van der Waals surface area contributed by atoms with E-state index < -0.39 is 5.97 Å². The average molecular weight is 239 g/mol. The van der Waals surface area contributed by atoms with Gasteiger partial charge in [-0.1, -0.05) is 13.8 Å². The smallest absolute Gasteiger partial charge is 0.305 e. The molecule has 1 N–H and O–H groups in total. The summed E-state index contributed by atoms with van der Waals surface area (Å²) in [6.45, 7) is 7.74. The minimum Gasteiger partial charge on any atom is -0.481 e. The van der Waals surface area contributed by atoms with E-state index in [2.05, 4.69) is 10.00 Å². The first-order valence-corrected chi connectivity index (χ1v) is 5.95. The second-order valence-electron chi connectivity index (χ2n) is 4.14. The monoisotopic (exact) mass is 239 g/mol. The summed E-state index contributed by atoms with van der Waals surface area (Å²) >= 11 is 0. The summed E-state index contributed by atoms with van der Waals surface area (Å²) in [6.07, 6.45) is 1.90. The maximum absolute atomic E-state index is 11.0. The highest BCUT2D eigenvalue weighted by atomic mass is 16.4. The normalized spacial score (nSPS) is 13.0. The SMILES string of the molecule is CCN(CC)C(CC(=O)O)c1cnn(C)c1C. The van der Waals surface area contributed by atoms with Crippen LogP contribution in [0.3, 0.4) is 0 Å². The maximum Gasteiger partial charge on any atom is 0.305 e. The molecule has 0 amide bonds. The fourth-order valence-corrected chi connectivity index (χ4v) is 2.11. The molecule has 0 saturated carbocycles. The molecule has 5 nitrogen and oxygen atoms in total. The molecule has 96 valence electrons. The van der Waals surface area contributed by atoms with Crippen LogP contribution in [-0.4, -0.2) is 38.8 Å². The van der Waals surface area contributed by atoms with Crippen LogP contribution in [0.25, 0.3) is 0 Å². The molecule has 0 fully saturated rings. The van der Waals surface area contributed by atoms with E-state index in [4.69, 9.17) is 5.11 Å². The molecule has 0 radical (unpaired) electrons. The van der Waals surface area contributed by atoms with Crippen molar-refractivity contribution in [3.63, 3.8) is 0 Å². The molecule has 17 heavy (non-hydrogen) atoms. The van der Waals surface area contributed by atoms with E-state index in [1.165, 1.54) is 0 Å². The van der Waals surface area contributed by atoms with Crippen LogP contribution in [-0.2, 0) is 11.8 Å². The third-order valence-electron chi connectivity index (χ3n) is 3.25. The predicted molar refractivity (Wildman–Crippen MR) is 65.9 cm³/mol. The highest BCUT2D eigenvalue weighted by molar-refractivity contribution is 5.68. The van der Waals surface area contributed by atoms with Gasteiger partial charge in [-0.25, -0.2) is 0 Å². The first-order chi connectivity index (χ1) is 8.01. The Morgan fingerprint density at radius 2 is 2.12 bits per heavy atom. The number of carbonyl (C=O) groups is 1. The number of carboxylic acid groups (broad SMARTS) is 1. The zero-order valence-corrected chi connectivity index (χ0v) is 11.0. The summed E-state index contributed by atoms with van der Waals surface area (Å²) in [7, 11) is 1.87. The molecule has 0 saturated heterocycles. The van der Waals surface area contributed by atoms with Crippen LogP contribution >= 0.6 is 0 Å². The molecule has 1 heterocycles. The van der Waals surface area contributed by atoms with Crippen LogP contribution in [0.5, 0.6) is 0 Å². The minimum atomic E-state index is -0.773. The largest absolute Gasteiger partial charge is 0.481 e. The van der Waals surface area contributed by atoms with Crippen LogP contribution in [0, 0.1) is 6.92 Å². The summed E-state index contributed by atoms with van der Waals surface area (Å²) in [5.74, 6) is -0.773. The molecule has 0 aromatic carbocycles. The van der Waals surface area contributed by atoms with Gasteiger partial charge < -0.3 is 5.11 Å². The van der Waals surface area contributed by atoms with Gasteiger partial charge in [0.25, 0.3) is 0 Å². The van der Waals surface area contributed by atoms with Crippen molar-refractivity contribution in [3.8, 4) is 0 Å². The third-order valence-corrected chi connectivity index (χ3v) is 3.25. The van der Waals surface area contributed by atoms with Gasteiger partial charge in [-0.3, -0.25) is 14.4 Å². The van der Waals surface area contributed by atoms with Gasteiger partial charge >= 0.3 is 5.97 Å². The molecule has 0 aliphatic rings. The fourth-order valence-electron chi connectivity index (χ4n) is 2.11. The molecular formula is C12H21N3O2. The molecule has 0 spiro atoms. The number of aromatic nitrogens is 2. The van der Waals surface area contributed by atoms with Gasteiger partial charge in [0.15, 0.2) is 0 Å². The number of hydrogen-bond acceptors (Lipinski definition) is 3. The number of aliphatic carboxylic acids is 1. The number of aryl methyl sites for hydroxylation is 1. The van der Waals surface area contributed by atoms with Crippen LogP contribution in [0.1, 0.15) is 37.6 Å². The van der Waals surface area contributed by atoms with Crippen LogP contribution in [0.4, 0.5) is 0 Å². The first kappa shape index (κ1) is 13.7. The van der Waals surface area contributed by atoms with Gasteiger partial charge in [-0.15, -0.1) is 0 Å². The highest BCUT2D eigenvalue weighted by Crippen LogP contribution is 2.26. The van der Waals surface area contributed by atoms with Crippen molar-refractivity contribution in [2.45, 2.75) is 33.2 Å². The Morgan fingerprint density at radius 1 is 1.53 bits per heavy atom. The Labute approximate surface area is 102 Å². The fraction of sp³-hybridized carbons (Fsp3) is 0.667. The summed E-state index contributed by atoms with van der Waals surface area (Å²) in [6, 6.07) is -0.0869. The van der Waals surface area contributed by atoms with E-state index in [0.29, 0.717) is 0 Å². The lowest BCUT2D eigenvalue weighted by atomic mass is 10.0. The lowest BCUT2D eigenvalue weighted by Gasteiger charge is -2.28. The quantitative estimate of drug-likeness (QED) is 0.819. The molecule has 1 rings (SSSR count). The lowest BCUT2D eigenvalue weighted by Crippen LogP contribution is -2.30. The van der Waals surface area contributed by atoms with Crippen LogP contribution in [0.15, 0.2) is 6.20 Å². The van der Waals surface area contributed by atoms with E-state index in [-0.39, 0.29) is 12.5 Å². The van der Waals surface area contributed by atoms with Crippen molar-refractivity contribution in [1.82, 2.24) is 14.7 Å².